The van der Waals surface area contributed by atoms with Crippen molar-refractivity contribution < 1.29 is 0 Å². The Labute approximate surface area is 140 Å². The van der Waals surface area contributed by atoms with Crippen LogP contribution in [0.5, 0.6) is 0 Å². The standard InChI is InChI=1S/C16H19ClN6/c1-9-16(20)23(10(2)19)14-5-4-11(12(7-18)8-21-3)6-13(14)15(17)22-9/h4-9,19-20H,18H2,1-3H3/b12-7+,19-10?,20-16?,21-8?/t9-/m0/s1. The minimum absolute atomic E-state index is 0.215. The van der Waals surface area contributed by atoms with Gasteiger partial charge in [-0.05, 0) is 31.5 Å². The first-order chi connectivity index (χ1) is 10.9. The number of rotatable bonds is 2. The maximum Gasteiger partial charge on any atom is 0.133 e. The Balaban J connectivity index is 2.68. The second-order valence-electron chi connectivity index (χ2n) is 5.14. The molecule has 1 aromatic rings. The third-order valence-electron chi connectivity index (χ3n) is 3.52. The van der Waals surface area contributed by atoms with Gasteiger partial charge in [0.05, 0.1) is 5.69 Å². The average molecular weight is 331 g/mol. The highest BCUT2D eigenvalue weighted by Gasteiger charge is 2.27. The Morgan fingerprint density at radius 2 is 2.17 bits per heavy atom. The Morgan fingerprint density at radius 1 is 1.48 bits per heavy atom. The van der Waals surface area contributed by atoms with Crippen molar-refractivity contribution in [1.82, 2.24) is 0 Å². The number of hydrogen-bond acceptors (Lipinski definition) is 5. The Bertz CT molecular complexity index is 747. The number of benzene rings is 1. The Kier molecular flexibility index (Phi) is 4.95. The summed E-state index contributed by atoms with van der Waals surface area (Å²) < 4.78 is 0. The largest absolute Gasteiger partial charge is 0.404 e. The number of nitrogens with zero attached hydrogens (tertiary/aromatic N) is 3. The van der Waals surface area contributed by atoms with E-state index in [4.69, 9.17) is 28.2 Å². The lowest BCUT2D eigenvalue weighted by Crippen LogP contribution is -2.39. The van der Waals surface area contributed by atoms with E-state index in [1.807, 2.05) is 18.2 Å². The molecule has 1 aliphatic heterocycles. The van der Waals surface area contributed by atoms with Crippen LogP contribution in [0, 0.1) is 10.8 Å². The molecule has 1 aliphatic rings. The molecule has 0 amide bonds. The lowest BCUT2D eigenvalue weighted by Gasteiger charge is -2.25. The SMILES string of the molecule is CN=C/C(=C\N)c1ccc2c(c1)C(Cl)=N[C@@H](C)C(=N)N2C(C)=N. The monoisotopic (exact) mass is 330 g/mol. The summed E-state index contributed by atoms with van der Waals surface area (Å²) in [7, 11) is 1.67. The van der Waals surface area contributed by atoms with E-state index in [1.165, 1.54) is 6.20 Å². The summed E-state index contributed by atoms with van der Waals surface area (Å²) in [5.74, 6) is 0.453. The van der Waals surface area contributed by atoms with Gasteiger partial charge in [0.25, 0.3) is 0 Å². The van der Waals surface area contributed by atoms with E-state index in [1.54, 1.807) is 32.0 Å². The van der Waals surface area contributed by atoms with E-state index < -0.39 is 6.04 Å². The molecule has 0 aliphatic carbocycles. The normalized spacial score (nSPS) is 18.7. The van der Waals surface area contributed by atoms with Gasteiger partial charge in [-0.2, -0.15) is 0 Å². The summed E-state index contributed by atoms with van der Waals surface area (Å²) in [6.45, 7) is 3.41. The molecule has 120 valence electrons. The van der Waals surface area contributed by atoms with Crippen molar-refractivity contribution >= 4 is 45.9 Å². The highest BCUT2D eigenvalue weighted by Crippen LogP contribution is 2.30. The van der Waals surface area contributed by atoms with Crippen molar-refractivity contribution in [1.29, 1.82) is 10.8 Å². The molecular weight excluding hydrogens is 312 g/mol. The molecule has 0 fully saturated rings. The van der Waals surface area contributed by atoms with Crippen molar-refractivity contribution in [3.63, 3.8) is 0 Å². The van der Waals surface area contributed by atoms with Crippen molar-refractivity contribution in [2.45, 2.75) is 19.9 Å². The van der Waals surface area contributed by atoms with Crippen molar-refractivity contribution in [3.05, 3.63) is 35.5 Å². The van der Waals surface area contributed by atoms with Gasteiger partial charge in [0.15, 0.2) is 0 Å². The van der Waals surface area contributed by atoms with Crippen molar-refractivity contribution in [2.75, 3.05) is 11.9 Å². The number of nitrogens with two attached hydrogens (primary N) is 1. The van der Waals surface area contributed by atoms with Crippen LogP contribution in [-0.2, 0) is 0 Å². The number of halogens is 1. The fourth-order valence-electron chi connectivity index (χ4n) is 2.41. The summed E-state index contributed by atoms with van der Waals surface area (Å²) in [5, 5.41) is 16.5. The quantitative estimate of drug-likeness (QED) is 0.573. The van der Waals surface area contributed by atoms with Gasteiger partial charge in [0.2, 0.25) is 0 Å². The summed E-state index contributed by atoms with van der Waals surface area (Å²) in [4.78, 5) is 9.87. The second kappa shape index (κ2) is 6.75. The minimum atomic E-state index is -0.430. The molecule has 2 rings (SSSR count). The third-order valence-corrected chi connectivity index (χ3v) is 3.82. The molecule has 0 spiro atoms. The van der Waals surface area contributed by atoms with Gasteiger partial charge in [-0.15, -0.1) is 0 Å². The van der Waals surface area contributed by atoms with E-state index >= 15 is 0 Å². The van der Waals surface area contributed by atoms with Gasteiger partial charge >= 0.3 is 0 Å². The zero-order valence-corrected chi connectivity index (χ0v) is 14.0. The molecule has 1 aromatic carbocycles. The van der Waals surface area contributed by atoms with E-state index in [0.29, 0.717) is 16.4 Å². The van der Waals surface area contributed by atoms with Crippen molar-refractivity contribution in [2.24, 2.45) is 15.7 Å². The fourth-order valence-corrected chi connectivity index (χ4v) is 2.71. The molecule has 1 atom stereocenters. The number of anilines is 1. The van der Waals surface area contributed by atoms with Crippen LogP contribution in [0.1, 0.15) is 25.0 Å². The molecule has 7 heteroatoms. The molecule has 0 aromatic heterocycles. The number of amidine groups is 2. The highest BCUT2D eigenvalue weighted by atomic mass is 35.5. The predicted octanol–water partition coefficient (Wildman–Crippen LogP) is 2.86. The summed E-state index contributed by atoms with van der Waals surface area (Å²) in [6.07, 6.45) is 3.13. The van der Waals surface area contributed by atoms with Crippen LogP contribution in [0.15, 0.2) is 34.4 Å². The van der Waals surface area contributed by atoms with Gasteiger partial charge in [0.1, 0.15) is 22.9 Å². The van der Waals surface area contributed by atoms with Crippen LogP contribution < -0.4 is 10.6 Å². The predicted molar refractivity (Wildman–Crippen MR) is 98.5 cm³/mol. The average Bonchev–Trinajstić information content (AvgIpc) is 2.60. The first-order valence-electron chi connectivity index (χ1n) is 7.06. The smallest absolute Gasteiger partial charge is 0.133 e. The maximum absolute atomic E-state index is 8.25. The molecular formula is C16H19ClN6. The molecule has 0 unspecified atom stereocenters. The van der Waals surface area contributed by atoms with E-state index in [0.717, 1.165) is 11.1 Å². The molecule has 0 saturated heterocycles. The molecule has 1 heterocycles. The second-order valence-corrected chi connectivity index (χ2v) is 5.50. The van der Waals surface area contributed by atoms with E-state index in [2.05, 4.69) is 9.98 Å². The lowest BCUT2D eigenvalue weighted by atomic mass is 10.0. The number of allylic oxidation sites excluding steroid dienone is 1. The van der Waals surface area contributed by atoms with Crippen LogP contribution >= 0.6 is 11.6 Å². The van der Waals surface area contributed by atoms with Crippen LogP contribution in [0.4, 0.5) is 5.69 Å². The third kappa shape index (κ3) is 3.17. The first kappa shape index (κ1) is 16.9. The Hall–Kier alpha value is -2.47. The van der Waals surface area contributed by atoms with Gasteiger partial charge in [-0.25, -0.2) is 0 Å². The van der Waals surface area contributed by atoms with Crippen molar-refractivity contribution in [3.8, 4) is 0 Å². The van der Waals surface area contributed by atoms with Gasteiger partial charge in [-0.1, -0.05) is 17.7 Å². The Morgan fingerprint density at radius 3 is 2.74 bits per heavy atom. The van der Waals surface area contributed by atoms with Crippen LogP contribution in [0.2, 0.25) is 0 Å². The van der Waals surface area contributed by atoms with Gasteiger partial charge < -0.3 is 5.73 Å². The fraction of sp³-hybridized carbons (Fsp3) is 0.250. The molecule has 4 N–H and O–H groups in total. The van der Waals surface area contributed by atoms with E-state index in [-0.39, 0.29) is 11.7 Å². The highest BCUT2D eigenvalue weighted by molar-refractivity contribution is 6.70. The minimum Gasteiger partial charge on any atom is -0.404 e. The molecule has 0 saturated carbocycles. The van der Waals surface area contributed by atoms with Crippen LogP contribution in [0.25, 0.3) is 5.57 Å². The van der Waals surface area contributed by atoms with Crippen LogP contribution in [-0.4, -0.2) is 36.1 Å². The lowest BCUT2D eigenvalue weighted by molar-refractivity contribution is 0.953. The molecule has 0 bridgehead atoms. The van der Waals surface area contributed by atoms with Crippen LogP contribution in [0.3, 0.4) is 0 Å². The number of nitrogens with one attached hydrogen (secondary N) is 2. The number of hydrogen-bond donors (Lipinski definition) is 3. The maximum atomic E-state index is 8.25. The number of fused-ring (bicyclic) bond motifs is 1. The molecule has 6 nitrogen and oxygen atoms in total. The first-order valence-corrected chi connectivity index (χ1v) is 7.44. The number of benzodiazepines with no additional fused rings is 1. The van der Waals surface area contributed by atoms with Gasteiger partial charge in [-0.3, -0.25) is 25.7 Å². The number of aliphatic imine (C=N–C) groups is 2. The zero-order chi connectivity index (χ0) is 17.1. The zero-order valence-electron chi connectivity index (χ0n) is 13.3. The van der Waals surface area contributed by atoms with Gasteiger partial charge in [0, 0.05) is 30.6 Å². The summed E-state index contributed by atoms with van der Waals surface area (Å²) in [6, 6.07) is 5.10. The molecule has 0 radical (unpaired) electrons. The van der Waals surface area contributed by atoms with E-state index in [9.17, 15) is 0 Å². The topological polar surface area (TPSA) is 102 Å². The molecule has 23 heavy (non-hydrogen) atoms. The summed E-state index contributed by atoms with van der Waals surface area (Å²) >= 11 is 6.35. The summed E-state index contributed by atoms with van der Waals surface area (Å²) in [5.41, 5.74) is 8.58.